The number of nitrogens with one attached hydrogen (secondary N) is 2. The molecule has 0 radical (unpaired) electrons. The molecule has 0 saturated heterocycles. The highest BCUT2D eigenvalue weighted by atomic mass is 19.4. The molecule has 1 saturated carbocycles. The lowest BCUT2D eigenvalue weighted by Crippen LogP contribution is -2.14. The normalized spacial score (nSPS) is 12.8. The minimum atomic E-state index is -4.52. The second-order valence-electron chi connectivity index (χ2n) is 9.19. The summed E-state index contributed by atoms with van der Waals surface area (Å²) in [5.74, 6) is 6.42. The Kier molecular flexibility index (Phi) is 6.90. The smallest absolute Gasteiger partial charge is 0.355 e. The lowest BCUT2D eigenvalue weighted by molar-refractivity contribution is -0.137. The number of imidazole rings is 1. The van der Waals surface area contributed by atoms with Crippen molar-refractivity contribution in [1.82, 2.24) is 19.7 Å². The van der Waals surface area contributed by atoms with Crippen LogP contribution in [0.4, 0.5) is 24.7 Å². The number of rotatable bonds is 6. The summed E-state index contributed by atoms with van der Waals surface area (Å²) < 4.78 is 42.2. The van der Waals surface area contributed by atoms with Crippen LogP contribution in [0.3, 0.4) is 0 Å². The Bertz CT molecular complexity index is 1590. The van der Waals surface area contributed by atoms with Crippen molar-refractivity contribution in [2.75, 3.05) is 10.6 Å². The van der Waals surface area contributed by atoms with E-state index >= 15 is 0 Å². The Morgan fingerprint density at radius 3 is 2.54 bits per heavy atom. The second-order valence-corrected chi connectivity index (χ2v) is 9.19. The van der Waals surface area contributed by atoms with E-state index in [9.17, 15) is 18.0 Å². The molecule has 2 heterocycles. The fourth-order valence-electron chi connectivity index (χ4n) is 3.77. The van der Waals surface area contributed by atoms with Crippen molar-refractivity contribution in [3.63, 3.8) is 0 Å². The number of nitrogens with zero attached hydrogens (tertiary/aromatic N) is 4. The van der Waals surface area contributed by atoms with Crippen LogP contribution in [-0.2, 0) is 11.0 Å². The summed E-state index contributed by atoms with van der Waals surface area (Å²) in [6.07, 6.45) is 1.77. The molecule has 1 aliphatic carbocycles. The van der Waals surface area contributed by atoms with Crippen LogP contribution in [0.5, 0.6) is 0 Å². The summed E-state index contributed by atoms with van der Waals surface area (Å²) in [5, 5.41) is 13.8. The third-order valence-electron chi connectivity index (χ3n) is 6.12. The first-order valence-electron chi connectivity index (χ1n) is 12.1. The maximum atomic E-state index is 13.6. The van der Waals surface area contributed by atoms with Gasteiger partial charge in [-0.25, -0.2) is 4.98 Å². The number of aromatic nitrogens is 4. The number of hydrogen-bond donors (Lipinski definition) is 2. The number of aryl methyl sites for hydroxylation is 1. The van der Waals surface area contributed by atoms with E-state index < -0.39 is 11.7 Å². The molecular formula is C29H23F3N6O. The van der Waals surface area contributed by atoms with Gasteiger partial charge in [-0.1, -0.05) is 24.6 Å². The molecule has 2 aromatic carbocycles. The first-order chi connectivity index (χ1) is 18.7. The molecule has 1 fully saturated rings. The summed E-state index contributed by atoms with van der Waals surface area (Å²) >= 11 is 0. The van der Waals surface area contributed by atoms with Crippen LogP contribution in [-0.4, -0.2) is 25.7 Å². The van der Waals surface area contributed by atoms with Gasteiger partial charge in [-0.2, -0.15) is 13.2 Å². The third-order valence-corrected chi connectivity index (χ3v) is 6.12. The molecule has 4 aromatic rings. The molecule has 0 aliphatic heterocycles. The van der Waals surface area contributed by atoms with Gasteiger partial charge in [0.15, 0.2) is 5.82 Å². The zero-order valence-electron chi connectivity index (χ0n) is 20.9. The van der Waals surface area contributed by atoms with Gasteiger partial charge >= 0.3 is 6.18 Å². The number of carbonyl (C=O) groups is 1. The molecule has 0 spiro atoms. The maximum Gasteiger partial charge on any atom is 0.416 e. The number of amides is 1. The number of hydrogen-bond acceptors (Lipinski definition) is 5. The Morgan fingerprint density at radius 1 is 1.05 bits per heavy atom. The molecule has 1 aliphatic rings. The molecule has 2 N–H and O–H groups in total. The van der Waals surface area contributed by atoms with E-state index in [1.54, 1.807) is 30.5 Å². The number of alkyl halides is 3. The number of benzene rings is 2. The lowest BCUT2D eigenvalue weighted by atomic mass is 10.0. The highest BCUT2D eigenvalue weighted by molar-refractivity contribution is 5.93. The zero-order valence-corrected chi connectivity index (χ0v) is 20.9. The third kappa shape index (κ3) is 6.33. The molecule has 2 aromatic heterocycles. The second kappa shape index (κ2) is 10.5. The van der Waals surface area contributed by atoms with Crippen LogP contribution in [0, 0.1) is 24.7 Å². The molecule has 10 heteroatoms. The van der Waals surface area contributed by atoms with Crippen LogP contribution in [0.15, 0.2) is 73.8 Å². The van der Waals surface area contributed by atoms with Gasteiger partial charge in [-0.3, -0.25) is 4.79 Å². The molecule has 1 amide bonds. The summed E-state index contributed by atoms with van der Waals surface area (Å²) in [6.45, 7) is 5.93. The molecule has 0 unspecified atom stereocenters. The summed E-state index contributed by atoms with van der Waals surface area (Å²) in [7, 11) is 0. The van der Waals surface area contributed by atoms with Crippen molar-refractivity contribution in [3.05, 3.63) is 102 Å². The van der Waals surface area contributed by atoms with Crippen molar-refractivity contribution < 1.29 is 18.0 Å². The summed E-state index contributed by atoms with van der Waals surface area (Å²) in [5.41, 5.74) is 2.85. The lowest BCUT2D eigenvalue weighted by Gasteiger charge is -2.16. The van der Waals surface area contributed by atoms with Gasteiger partial charge in [0.05, 0.1) is 11.9 Å². The molecule has 0 bridgehead atoms. The van der Waals surface area contributed by atoms with Gasteiger partial charge in [-0.15, -0.1) is 10.2 Å². The Hall–Kier alpha value is -4.91. The van der Waals surface area contributed by atoms with Crippen molar-refractivity contribution in [2.24, 2.45) is 5.92 Å². The number of anilines is 2. The highest BCUT2D eigenvalue weighted by Crippen LogP contribution is 2.34. The topological polar surface area (TPSA) is 84.7 Å². The van der Waals surface area contributed by atoms with Gasteiger partial charge in [0.25, 0.3) is 0 Å². The fourth-order valence-corrected chi connectivity index (χ4v) is 3.77. The largest absolute Gasteiger partial charge is 0.416 e. The summed E-state index contributed by atoms with van der Waals surface area (Å²) in [4.78, 5) is 15.8. The minimum absolute atomic E-state index is 0.0486. The summed E-state index contributed by atoms with van der Waals surface area (Å²) in [6, 6.07) is 12.5. The van der Waals surface area contributed by atoms with Gasteiger partial charge in [0, 0.05) is 40.9 Å². The minimum Gasteiger partial charge on any atom is -0.355 e. The first kappa shape index (κ1) is 25.7. The molecule has 7 nitrogen and oxygen atoms in total. The quantitative estimate of drug-likeness (QED) is 0.308. The fraction of sp³-hybridized carbons (Fsp3) is 0.172. The predicted molar refractivity (Wildman–Crippen MR) is 142 cm³/mol. The van der Waals surface area contributed by atoms with Gasteiger partial charge in [-0.05, 0) is 73.2 Å². The van der Waals surface area contributed by atoms with Gasteiger partial charge in [0.2, 0.25) is 5.91 Å². The van der Waals surface area contributed by atoms with E-state index in [0.717, 1.165) is 30.5 Å². The van der Waals surface area contributed by atoms with Crippen molar-refractivity contribution in [1.29, 1.82) is 0 Å². The maximum absolute atomic E-state index is 13.6. The van der Waals surface area contributed by atoms with E-state index in [-0.39, 0.29) is 17.5 Å². The highest BCUT2D eigenvalue weighted by Gasteiger charge is 2.31. The predicted octanol–water partition coefficient (Wildman–Crippen LogP) is 5.82. The van der Waals surface area contributed by atoms with Gasteiger partial charge in [0.1, 0.15) is 5.69 Å². The number of carbonyl (C=O) groups excluding carboxylic acids is 1. The molecule has 196 valence electrons. The molecule has 39 heavy (non-hydrogen) atoms. The molecular weight excluding hydrogens is 505 g/mol. The van der Waals surface area contributed by atoms with Gasteiger partial charge < -0.3 is 15.2 Å². The zero-order chi connectivity index (χ0) is 27.6. The molecule has 0 atom stereocenters. The first-order valence-corrected chi connectivity index (χ1v) is 12.1. The molecule has 5 rings (SSSR count). The van der Waals surface area contributed by atoms with Crippen LogP contribution in [0.1, 0.15) is 40.8 Å². The Balaban J connectivity index is 1.34. The van der Waals surface area contributed by atoms with Crippen LogP contribution < -0.4 is 10.6 Å². The number of halogens is 3. The SMILES string of the molecule is C=C(Nc1cc(-n2ccnc2)cc(C(F)(F)F)c1)c1ccc(C)c(C#Cc2ccc(NC(=O)C3CC3)nn2)c1. The van der Waals surface area contributed by atoms with Crippen LogP contribution in [0.25, 0.3) is 11.4 Å². The van der Waals surface area contributed by atoms with Crippen molar-refractivity contribution >= 4 is 23.1 Å². The Morgan fingerprint density at radius 2 is 1.87 bits per heavy atom. The van der Waals surface area contributed by atoms with E-state index in [1.807, 2.05) is 19.1 Å². The average molecular weight is 529 g/mol. The van der Waals surface area contributed by atoms with E-state index in [2.05, 4.69) is 44.2 Å². The Labute approximate surface area is 222 Å². The van der Waals surface area contributed by atoms with Crippen LogP contribution in [0.2, 0.25) is 0 Å². The standard InChI is InChI=1S/C29H23F3N6O/c1-18-3-4-22(13-21(18)7-8-24-9-10-27(37-36-24)35-28(39)20-5-6-20)19(2)34-25-14-23(29(30,31)32)15-26(16-25)38-12-11-33-17-38/h3-4,9-17,20,34H,2,5-6H2,1H3,(H,35,37,39). The van der Waals surface area contributed by atoms with Crippen molar-refractivity contribution in [2.45, 2.75) is 25.9 Å². The van der Waals surface area contributed by atoms with E-state index in [4.69, 9.17) is 0 Å². The van der Waals surface area contributed by atoms with Crippen molar-refractivity contribution in [3.8, 4) is 17.5 Å². The average Bonchev–Trinajstić information content (AvgIpc) is 3.62. The monoisotopic (exact) mass is 528 g/mol. The van der Waals surface area contributed by atoms with E-state index in [1.165, 1.54) is 17.1 Å². The van der Waals surface area contributed by atoms with E-state index in [0.29, 0.717) is 34.0 Å². The van der Waals surface area contributed by atoms with Crippen LogP contribution >= 0.6 is 0 Å².